The largest absolute Gasteiger partial charge is 0.508 e. The molecule has 18 nitrogen and oxygen atoms in total. The third kappa shape index (κ3) is 8.73. The second kappa shape index (κ2) is 17.9. The van der Waals surface area contributed by atoms with Crippen LogP contribution in [-0.4, -0.2) is 140 Å². The zero-order chi connectivity index (χ0) is 43.9. The van der Waals surface area contributed by atoms with Gasteiger partial charge in [-0.25, -0.2) is 14.0 Å². The number of benzene rings is 4. The summed E-state index contributed by atoms with van der Waals surface area (Å²) in [6, 6.07) is 22.1. The van der Waals surface area contributed by atoms with Gasteiger partial charge in [0.15, 0.2) is 18.5 Å². The monoisotopic (exact) mass is 869 g/mol. The lowest BCUT2D eigenvalue weighted by Crippen LogP contribution is -2.62. The predicted molar refractivity (Wildman–Crippen MR) is 206 cm³/mol. The fourth-order valence-electron chi connectivity index (χ4n) is 7.39. The quantitative estimate of drug-likeness (QED) is 0.0818. The van der Waals surface area contributed by atoms with Crippen molar-refractivity contribution in [3.8, 4) is 22.6 Å². The second-order valence-electron chi connectivity index (χ2n) is 14.5. The first-order valence-electron chi connectivity index (χ1n) is 18.7. The number of phenolic OH excluding ortho intramolecular Hbond substituents is 1. The zero-order valence-corrected chi connectivity index (χ0v) is 32.3. The van der Waals surface area contributed by atoms with Crippen LogP contribution in [0.2, 0.25) is 0 Å². The number of carboxylic acid groups (broad SMARTS) is 2. The van der Waals surface area contributed by atoms with E-state index in [1.54, 1.807) is 48.5 Å². The number of nitrogens with zero attached hydrogens (tertiary/aromatic N) is 1. The van der Waals surface area contributed by atoms with Gasteiger partial charge in [-0.15, -0.1) is 0 Å². The van der Waals surface area contributed by atoms with Crippen LogP contribution in [-0.2, 0) is 39.4 Å². The highest BCUT2D eigenvalue weighted by molar-refractivity contribution is 7.86. The third-order valence-corrected chi connectivity index (χ3v) is 12.3. The number of amides is 1. The van der Waals surface area contributed by atoms with Gasteiger partial charge in [0.05, 0.1) is 17.9 Å². The van der Waals surface area contributed by atoms with Gasteiger partial charge in [0.25, 0.3) is 0 Å². The van der Waals surface area contributed by atoms with Gasteiger partial charge in [0.2, 0.25) is 12.2 Å². The van der Waals surface area contributed by atoms with E-state index in [1.807, 2.05) is 0 Å². The molecule has 6 unspecified atom stereocenters. The number of hydrogen-bond acceptors (Lipinski definition) is 15. The molecule has 3 aliphatic rings. The Morgan fingerprint density at radius 1 is 0.721 bits per heavy atom. The van der Waals surface area contributed by atoms with E-state index in [1.165, 1.54) is 41.3 Å². The molecular weight excluding hydrogens is 830 g/mol. The molecule has 0 spiro atoms. The van der Waals surface area contributed by atoms with Crippen molar-refractivity contribution in [3.05, 3.63) is 114 Å². The van der Waals surface area contributed by atoms with Crippen molar-refractivity contribution in [2.45, 2.75) is 78.8 Å². The molecule has 7 rings (SSSR count). The molecular formula is C41H40FNO17S. The lowest BCUT2D eigenvalue weighted by molar-refractivity contribution is -0.303. The topological polar surface area (TPSA) is 291 Å². The van der Waals surface area contributed by atoms with Crippen LogP contribution in [0.25, 0.3) is 11.1 Å². The number of halogens is 1. The fourth-order valence-corrected chi connectivity index (χ4v) is 9.06. The summed E-state index contributed by atoms with van der Waals surface area (Å²) < 4.78 is 51.6. The smallest absolute Gasteiger partial charge is 0.335 e. The molecule has 4 aromatic rings. The molecule has 0 radical (unpaired) electrons. The SMILES string of the molecule is O=C(O)C1O[C@@H](Oc2cc(-c3cccc(O)c3)ccc2[C@@H]2[C@@H](S(=O)C[C@H](O[C@@H]3OC(C(=O)O)[C@@H](O)[C@H](O)C3O)c3ccc(F)cc3)C(=O)N2c2ccccc2)C(O)[C@@H](O)C1O. The second-order valence-corrected chi connectivity index (χ2v) is 16.1. The van der Waals surface area contributed by atoms with Crippen molar-refractivity contribution in [1.82, 2.24) is 0 Å². The third-order valence-electron chi connectivity index (χ3n) is 10.6. The summed E-state index contributed by atoms with van der Waals surface area (Å²) in [4.78, 5) is 39.3. The van der Waals surface area contributed by atoms with Crippen LogP contribution in [0.5, 0.6) is 11.5 Å². The lowest BCUT2D eigenvalue weighted by atomic mass is 9.90. The lowest BCUT2D eigenvalue weighted by Gasteiger charge is -2.47. The molecule has 0 aromatic heterocycles. The average molecular weight is 870 g/mol. The van der Waals surface area contributed by atoms with Crippen molar-refractivity contribution < 1.29 is 87.9 Å². The van der Waals surface area contributed by atoms with Gasteiger partial charge in [0, 0.05) is 22.1 Å². The van der Waals surface area contributed by atoms with Crippen molar-refractivity contribution in [1.29, 1.82) is 0 Å². The summed E-state index contributed by atoms with van der Waals surface area (Å²) in [5, 5.41) is 91.4. The van der Waals surface area contributed by atoms with E-state index in [9.17, 15) is 68.9 Å². The maximum Gasteiger partial charge on any atom is 0.335 e. The molecule has 3 fully saturated rings. The van der Waals surface area contributed by atoms with Crippen LogP contribution in [0, 0.1) is 5.82 Å². The predicted octanol–water partition coefficient (Wildman–Crippen LogP) is 0.325. The van der Waals surface area contributed by atoms with Crippen molar-refractivity contribution in [2.24, 2.45) is 0 Å². The van der Waals surface area contributed by atoms with E-state index >= 15 is 0 Å². The summed E-state index contributed by atoms with van der Waals surface area (Å²) in [6.07, 6.45) is -21.6. The Kier molecular flexibility index (Phi) is 12.8. The Hall–Kier alpha value is -5.39. The molecule has 20 heteroatoms. The minimum atomic E-state index is -2.30. The molecule has 4 aromatic carbocycles. The highest BCUT2D eigenvalue weighted by Gasteiger charge is 2.55. The molecule has 324 valence electrons. The van der Waals surface area contributed by atoms with Crippen LogP contribution in [0.4, 0.5) is 10.1 Å². The summed E-state index contributed by atoms with van der Waals surface area (Å²) in [5.74, 6) is -5.56. The standard InChI is InChI=1S/C41H40FNO17S/c42-21-12-9-18(10-13-21)26(58-41-33(50)29(46)31(48)35(60-41)39(54)55)17-61(56)36-27(43(37(36)51)22-6-2-1-3-7-22)24-14-11-20(19-5-4-8-23(44)15-19)16-25(24)57-40-32(49)28(45)30(47)34(59-40)38(52)53/h1-16,26-36,40-41,44-50H,17H2,(H,52,53)(H,54,55)/t26-,27+,28-,29-,30?,31-,32?,33?,34?,35?,36+,40+,41+,61?/m0/s1. The number of aliphatic hydroxyl groups is 6. The Labute approximate surface area is 347 Å². The fraction of sp³-hybridized carbons (Fsp3) is 0.341. The first-order chi connectivity index (χ1) is 29.0. The number of anilines is 1. The Balaban J connectivity index is 1.29. The molecule has 61 heavy (non-hydrogen) atoms. The molecule has 3 aliphatic heterocycles. The maximum atomic E-state index is 14.7. The normalized spacial score (nSPS) is 31.1. The summed E-state index contributed by atoms with van der Waals surface area (Å²) in [7, 11) is -2.30. The van der Waals surface area contributed by atoms with Crippen LogP contribution >= 0.6 is 0 Å². The van der Waals surface area contributed by atoms with Gasteiger partial charge < -0.3 is 69.8 Å². The number of aromatic hydroxyl groups is 1. The number of para-hydroxylation sites is 1. The van der Waals surface area contributed by atoms with Crippen molar-refractivity contribution in [2.75, 3.05) is 10.7 Å². The van der Waals surface area contributed by atoms with Gasteiger partial charge in [0.1, 0.15) is 59.2 Å². The van der Waals surface area contributed by atoms with E-state index < -0.39 is 119 Å². The van der Waals surface area contributed by atoms with Crippen LogP contribution in [0.3, 0.4) is 0 Å². The number of hydrogen-bond donors (Lipinski definition) is 9. The molecule has 14 atom stereocenters. The molecule has 3 saturated heterocycles. The Morgan fingerprint density at radius 2 is 1.31 bits per heavy atom. The molecule has 3 heterocycles. The number of carbonyl (C=O) groups excluding carboxylic acids is 1. The van der Waals surface area contributed by atoms with E-state index in [4.69, 9.17) is 18.9 Å². The number of aliphatic carboxylic acids is 2. The van der Waals surface area contributed by atoms with Crippen molar-refractivity contribution >= 4 is 34.3 Å². The number of ether oxygens (including phenoxy) is 4. The highest BCUT2D eigenvalue weighted by Crippen LogP contribution is 2.47. The highest BCUT2D eigenvalue weighted by atomic mass is 32.2. The van der Waals surface area contributed by atoms with Crippen LogP contribution < -0.4 is 9.64 Å². The summed E-state index contributed by atoms with van der Waals surface area (Å²) >= 11 is 0. The number of phenols is 1. The minimum Gasteiger partial charge on any atom is -0.508 e. The number of carboxylic acids is 2. The Morgan fingerprint density at radius 3 is 1.92 bits per heavy atom. The molecule has 9 N–H and O–H groups in total. The van der Waals surface area contributed by atoms with Crippen molar-refractivity contribution in [3.63, 3.8) is 0 Å². The number of aliphatic hydroxyl groups excluding tert-OH is 6. The van der Waals surface area contributed by atoms with Crippen LogP contribution in [0.15, 0.2) is 97.1 Å². The number of β-lactam (4-membered cyclic amide) rings is 1. The average Bonchev–Trinajstić information content (AvgIpc) is 3.23. The summed E-state index contributed by atoms with van der Waals surface area (Å²) in [6.45, 7) is 0. The minimum absolute atomic E-state index is 0.0972. The van der Waals surface area contributed by atoms with Gasteiger partial charge in [-0.2, -0.15) is 0 Å². The number of carbonyl (C=O) groups is 3. The van der Waals surface area contributed by atoms with Gasteiger partial charge >= 0.3 is 11.9 Å². The van der Waals surface area contributed by atoms with E-state index in [0.717, 1.165) is 12.1 Å². The number of rotatable bonds is 13. The Bertz CT molecular complexity index is 2270. The van der Waals surface area contributed by atoms with E-state index in [2.05, 4.69) is 0 Å². The molecule has 0 aliphatic carbocycles. The zero-order valence-electron chi connectivity index (χ0n) is 31.5. The molecule has 1 amide bonds. The molecule has 0 saturated carbocycles. The van der Waals surface area contributed by atoms with E-state index in [0.29, 0.717) is 16.8 Å². The van der Waals surface area contributed by atoms with Gasteiger partial charge in [-0.05, 0) is 59.2 Å². The molecule has 0 bridgehead atoms. The maximum absolute atomic E-state index is 14.7. The van der Waals surface area contributed by atoms with Gasteiger partial charge in [-0.3, -0.25) is 9.00 Å². The first-order valence-corrected chi connectivity index (χ1v) is 20.0. The first kappa shape index (κ1) is 43.7. The van der Waals surface area contributed by atoms with Crippen LogP contribution in [0.1, 0.15) is 23.3 Å². The summed E-state index contributed by atoms with van der Waals surface area (Å²) in [5.41, 5.74) is 1.45. The van der Waals surface area contributed by atoms with E-state index in [-0.39, 0.29) is 22.6 Å². The van der Waals surface area contributed by atoms with Gasteiger partial charge in [-0.1, -0.05) is 54.6 Å².